The van der Waals surface area contributed by atoms with Crippen LogP contribution >= 0.6 is 11.3 Å². The van der Waals surface area contributed by atoms with Gasteiger partial charge in [-0.2, -0.15) is 5.26 Å². The highest BCUT2D eigenvalue weighted by molar-refractivity contribution is 7.13. The fourth-order valence-electron chi connectivity index (χ4n) is 2.32. The Balaban J connectivity index is 2.27. The number of nitrogens with one attached hydrogen (secondary N) is 1. The second kappa shape index (κ2) is 7.37. The molecule has 1 N–H and O–H groups in total. The summed E-state index contributed by atoms with van der Waals surface area (Å²) in [5.74, 6) is -2.53. The first-order chi connectivity index (χ1) is 11.3. The fraction of sp³-hybridized carbons (Fsp3) is 0.333. The summed E-state index contributed by atoms with van der Waals surface area (Å²) in [5, 5.41) is 14.1. The molecule has 1 amide bonds. The summed E-state index contributed by atoms with van der Waals surface area (Å²) in [4.78, 5) is 28.8. The number of aromatic nitrogens is 1. The number of nitrogens with zero attached hydrogens (tertiary/aromatic N) is 2. The summed E-state index contributed by atoms with van der Waals surface area (Å²) >= 11 is 1.33. The zero-order valence-corrected chi connectivity index (χ0v) is 14.9. The van der Waals surface area contributed by atoms with Gasteiger partial charge < -0.3 is 5.32 Å². The summed E-state index contributed by atoms with van der Waals surface area (Å²) in [6, 6.07) is 7.64. The number of rotatable bonds is 5. The van der Waals surface area contributed by atoms with Crippen molar-refractivity contribution in [2.24, 2.45) is 5.92 Å². The molecule has 0 spiro atoms. The van der Waals surface area contributed by atoms with Gasteiger partial charge in [-0.3, -0.25) is 9.59 Å². The number of carbonyl (C=O) groups is 2. The van der Waals surface area contributed by atoms with Crippen LogP contribution in [-0.4, -0.2) is 22.7 Å². The number of ketones is 1. The van der Waals surface area contributed by atoms with Crippen LogP contribution in [0.3, 0.4) is 0 Å². The van der Waals surface area contributed by atoms with E-state index in [1.165, 1.54) is 11.3 Å². The Bertz CT molecular complexity index is 818. The molecule has 0 fully saturated rings. The molecule has 0 radical (unpaired) electrons. The van der Waals surface area contributed by atoms with Crippen LogP contribution < -0.4 is 5.32 Å². The van der Waals surface area contributed by atoms with Crippen molar-refractivity contribution < 1.29 is 9.59 Å². The number of thiazole rings is 1. The predicted molar refractivity (Wildman–Crippen MR) is 93.7 cm³/mol. The molecular weight excluding hydrogens is 322 g/mol. The topological polar surface area (TPSA) is 82.8 Å². The van der Waals surface area contributed by atoms with Crippen LogP contribution in [-0.2, 0) is 4.79 Å². The number of aryl methyl sites for hydroxylation is 2. The van der Waals surface area contributed by atoms with Crippen LogP contribution in [0.2, 0.25) is 0 Å². The minimum atomic E-state index is -1.37. The number of Topliss-reactive ketones (excluding diaryl/α,β-unsaturated/α-hetero) is 1. The SMILES string of the molecule is Cc1ccc(-c2nc(C(=O)[C@H](C#N)C(=O)NC(C)C)cs2)c(C)c1. The number of benzene rings is 1. The molecule has 124 valence electrons. The number of carbonyl (C=O) groups excluding carboxylic acids is 2. The largest absolute Gasteiger partial charge is 0.352 e. The van der Waals surface area contributed by atoms with Gasteiger partial charge in [0.05, 0.1) is 6.07 Å². The number of hydrogen-bond acceptors (Lipinski definition) is 5. The van der Waals surface area contributed by atoms with Crippen molar-refractivity contribution >= 4 is 23.0 Å². The van der Waals surface area contributed by atoms with Gasteiger partial charge in [0.1, 0.15) is 10.7 Å². The summed E-state index contributed by atoms with van der Waals surface area (Å²) < 4.78 is 0. The average Bonchev–Trinajstić information content (AvgIpc) is 2.96. The van der Waals surface area contributed by atoms with E-state index >= 15 is 0 Å². The Hall–Kier alpha value is -2.52. The highest BCUT2D eigenvalue weighted by Crippen LogP contribution is 2.28. The third kappa shape index (κ3) is 3.87. The maximum absolute atomic E-state index is 12.4. The maximum Gasteiger partial charge on any atom is 0.245 e. The molecule has 0 aliphatic heterocycles. The molecular formula is C18H19N3O2S. The lowest BCUT2D eigenvalue weighted by atomic mass is 10.0. The molecule has 5 nitrogen and oxygen atoms in total. The quantitative estimate of drug-likeness (QED) is 0.668. The van der Waals surface area contributed by atoms with E-state index in [9.17, 15) is 14.9 Å². The Labute approximate surface area is 145 Å². The molecule has 6 heteroatoms. The Morgan fingerprint density at radius 3 is 2.58 bits per heavy atom. The van der Waals surface area contributed by atoms with E-state index in [1.54, 1.807) is 25.3 Å². The smallest absolute Gasteiger partial charge is 0.245 e. The lowest BCUT2D eigenvalue weighted by Gasteiger charge is -2.10. The van der Waals surface area contributed by atoms with E-state index in [2.05, 4.69) is 10.3 Å². The first kappa shape index (κ1) is 17.8. The zero-order valence-electron chi connectivity index (χ0n) is 14.1. The fourth-order valence-corrected chi connectivity index (χ4v) is 3.22. The van der Waals surface area contributed by atoms with Crippen molar-refractivity contribution in [3.63, 3.8) is 0 Å². The van der Waals surface area contributed by atoms with E-state index in [-0.39, 0.29) is 11.7 Å². The van der Waals surface area contributed by atoms with Crippen molar-refractivity contribution in [1.82, 2.24) is 10.3 Å². The van der Waals surface area contributed by atoms with Gasteiger partial charge in [0.2, 0.25) is 11.7 Å². The van der Waals surface area contributed by atoms with Gasteiger partial charge in [-0.1, -0.05) is 23.8 Å². The molecule has 1 aromatic heterocycles. The highest BCUT2D eigenvalue weighted by atomic mass is 32.1. The standard InChI is InChI=1S/C18H19N3O2S/c1-10(2)20-17(23)14(8-19)16(22)15-9-24-18(21-15)13-6-5-11(3)7-12(13)4/h5-7,9-10,14H,1-4H3,(H,20,23)/t14-/m0/s1. The van der Waals surface area contributed by atoms with E-state index in [4.69, 9.17) is 0 Å². The van der Waals surface area contributed by atoms with E-state index in [0.29, 0.717) is 5.01 Å². The second-order valence-corrected chi connectivity index (χ2v) is 6.80. The number of nitriles is 1. The predicted octanol–water partition coefficient (Wildman–Crippen LogP) is 3.27. The summed E-state index contributed by atoms with van der Waals surface area (Å²) in [6.45, 7) is 7.55. The molecule has 0 saturated heterocycles. The molecule has 1 aromatic carbocycles. The third-order valence-corrected chi connectivity index (χ3v) is 4.33. The normalized spacial score (nSPS) is 11.8. The summed E-state index contributed by atoms with van der Waals surface area (Å²) in [6.07, 6.45) is 0. The van der Waals surface area contributed by atoms with Crippen molar-refractivity contribution in [2.45, 2.75) is 33.7 Å². The second-order valence-electron chi connectivity index (χ2n) is 5.95. The maximum atomic E-state index is 12.4. The first-order valence-electron chi connectivity index (χ1n) is 7.61. The van der Waals surface area contributed by atoms with Gasteiger partial charge in [-0.05, 0) is 33.3 Å². The van der Waals surface area contributed by atoms with Gasteiger partial charge in [0.25, 0.3) is 0 Å². The molecule has 2 aromatic rings. The van der Waals surface area contributed by atoms with E-state index in [0.717, 1.165) is 16.7 Å². The van der Waals surface area contributed by atoms with Gasteiger partial charge in [0, 0.05) is 17.0 Å². The van der Waals surface area contributed by atoms with Crippen molar-refractivity contribution in [3.8, 4) is 16.6 Å². The van der Waals surface area contributed by atoms with Crippen LogP contribution in [0.25, 0.3) is 10.6 Å². The molecule has 24 heavy (non-hydrogen) atoms. The highest BCUT2D eigenvalue weighted by Gasteiger charge is 2.29. The minimum absolute atomic E-state index is 0.137. The van der Waals surface area contributed by atoms with Crippen LogP contribution in [0.5, 0.6) is 0 Å². The molecule has 1 atom stereocenters. The zero-order chi connectivity index (χ0) is 17.9. The van der Waals surface area contributed by atoms with Crippen LogP contribution in [0.1, 0.15) is 35.5 Å². The van der Waals surface area contributed by atoms with Crippen LogP contribution in [0, 0.1) is 31.1 Å². The van der Waals surface area contributed by atoms with Gasteiger partial charge in [-0.15, -0.1) is 11.3 Å². The number of hydrogen-bond donors (Lipinski definition) is 1. The molecule has 0 aliphatic carbocycles. The van der Waals surface area contributed by atoms with Crippen molar-refractivity contribution in [3.05, 3.63) is 40.4 Å². The molecule has 1 heterocycles. The molecule has 0 saturated carbocycles. The molecule has 0 unspecified atom stereocenters. The van der Waals surface area contributed by atoms with E-state index < -0.39 is 17.6 Å². The molecule has 0 bridgehead atoms. The minimum Gasteiger partial charge on any atom is -0.352 e. The van der Waals surface area contributed by atoms with Crippen molar-refractivity contribution in [1.29, 1.82) is 5.26 Å². The Morgan fingerprint density at radius 1 is 1.29 bits per heavy atom. The first-order valence-corrected chi connectivity index (χ1v) is 8.48. The lowest BCUT2D eigenvalue weighted by Crippen LogP contribution is -2.38. The van der Waals surface area contributed by atoms with Gasteiger partial charge in [-0.25, -0.2) is 4.98 Å². The lowest BCUT2D eigenvalue weighted by molar-refractivity contribution is -0.122. The molecule has 0 aliphatic rings. The van der Waals surface area contributed by atoms with Crippen LogP contribution in [0.15, 0.2) is 23.6 Å². The van der Waals surface area contributed by atoms with Gasteiger partial charge >= 0.3 is 0 Å². The number of amides is 1. The Morgan fingerprint density at radius 2 is 2.00 bits per heavy atom. The molecule has 2 rings (SSSR count). The van der Waals surface area contributed by atoms with Gasteiger partial charge in [0.15, 0.2) is 5.92 Å². The summed E-state index contributed by atoms with van der Waals surface area (Å²) in [5.41, 5.74) is 3.32. The Kier molecular flexibility index (Phi) is 5.47. The van der Waals surface area contributed by atoms with Crippen LogP contribution in [0.4, 0.5) is 0 Å². The van der Waals surface area contributed by atoms with E-state index in [1.807, 2.05) is 32.0 Å². The van der Waals surface area contributed by atoms with Crippen molar-refractivity contribution in [2.75, 3.05) is 0 Å². The summed E-state index contributed by atoms with van der Waals surface area (Å²) in [7, 11) is 0. The third-order valence-electron chi connectivity index (χ3n) is 3.45. The average molecular weight is 341 g/mol. The monoisotopic (exact) mass is 341 g/mol.